The number of nitrogens with zero attached hydrogens (tertiary/aromatic N) is 1. The van der Waals surface area contributed by atoms with Crippen LogP contribution in [-0.2, 0) is 11.2 Å². The molecule has 0 aliphatic rings. The fraction of sp³-hybridized carbons (Fsp3) is 0.500. The highest BCUT2D eigenvalue weighted by Gasteiger charge is 2.16. The number of hydrogen-bond donors (Lipinski definition) is 1. The van der Waals surface area contributed by atoms with E-state index in [1.54, 1.807) is 33.8 Å². The van der Waals surface area contributed by atoms with Crippen molar-refractivity contribution in [2.24, 2.45) is 0 Å². The topological polar surface area (TPSA) is 81.5 Å². The third kappa shape index (κ3) is 4.87. The Kier molecular flexibility index (Phi) is 5.07. The summed E-state index contributed by atoms with van der Waals surface area (Å²) >= 11 is 0. The van der Waals surface area contributed by atoms with Crippen LogP contribution in [0.4, 0.5) is 10.5 Å². The molecule has 6 nitrogen and oxygen atoms in total. The predicted octanol–water partition coefficient (Wildman–Crippen LogP) is 2.97. The average Bonchev–Trinajstić information content (AvgIpc) is 2.28. The average molecular weight is 280 g/mol. The van der Waals surface area contributed by atoms with Crippen LogP contribution in [0.1, 0.15) is 31.9 Å². The molecule has 0 unspecified atom stereocenters. The molecule has 6 heteroatoms. The van der Waals surface area contributed by atoms with Crippen molar-refractivity contribution in [2.75, 3.05) is 6.54 Å². The first kappa shape index (κ1) is 15.9. The smallest absolute Gasteiger partial charge is 0.407 e. The van der Waals surface area contributed by atoms with Gasteiger partial charge >= 0.3 is 6.09 Å². The number of alkyl carbamates (subject to hydrolysis) is 1. The van der Waals surface area contributed by atoms with Crippen molar-refractivity contribution < 1.29 is 14.5 Å². The molecule has 1 aromatic rings. The number of benzene rings is 1. The molecule has 1 rings (SSSR count). The number of nitro benzene ring substituents is 1. The van der Waals surface area contributed by atoms with Gasteiger partial charge in [0.1, 0.15) is 5.60 Å². The van der Waals surface area contributed by atoms with Crippen LogP contribution in [0.5, 0.6) is 0 Å². The molecular weight excluding hydrogens is 260 g/mol. The zero-order valence-electron chi connectivity index (χ0n) is 12.2. The van der Waals surface area contributed by atoms with Crippen LogP contribution in [0.25, 0.3) is 0 Å². The Morgan fingerprint density at radius 3 is 2.60 bits per heavy atom. The van der Waals surface area contributed by atoms with Crippen LogP contribution in [0.15, 0.2) is 18.2 Å². The zero-order chi connectivity index (χ0) is 15.3. The van der Waals surface area contributed by atoms with Gasteiger partial charge < -0.3 is 10.1 Å². The van der Waals surface area contributed by atoms with Gasteiger partial charge in [-0.05, 0) is 39.7 Å². The standard InChI is InChI=1S/C14H20N2O4/c1-10-11(6-5-7-12(10)16(18)19)8-9-15-13(17)20-14(2,3)4/h5-7H,8-9H2,1-4H3,(H,15,17). The van der Waals surface area contributed by atoms with E-state index in [0.29, 0.717) is 18.5 Å². The minimum Gasteiger partial charge on any atom is -0.444 e. The van der Waals surface area contributed by atoms with Gasteiger partial charge in [0, 0.05) is 18.2 Å². The molecule has 0 radical (unpaired) electrons. The number of rotatable bonds is 4. The Hall–Kier alpha value is -2.11. The first-order valence-electron chi connectivity index (χ1n) is 6.40. The van der Waals surface area contributed by atoms with E-state index in [9.17, 15) is 14.9 Å². The number of amides is 1. The molecule has 0 spiro atoms. The zero-order valence-corrected chi connectivity index (χ0v) is 12.2. The Morgan fingerprint density at radius 1 is 1.40 bits per heavy atom. The molecule has 0 aromatic heterocycles. The van der Waals surface area contributed by atoms with Crippen LogP contribution in [0.3, 0.4) is 0 Å². The monoisotopic (exact) mass is 280 g/mol. The van der Waals surface area contributed by atoms with Crippen LogP contribution in [0.2, 0.25) is 0 Å². The molecule has 1 N–H and O–H groups in total. The lowest BCUT2D eigenvalue weighted by Crippen LogP contribution is -2.33. The third-order valence-electron chi connectivity index (χ3n) is 2.68. The Labute approximate surface area is 118 Å². The number of carbonyl (C=O) groups is 1. The molecule has 1 amide bonds. The Bertz CT molecular complexity index is 506. The highest BCUT2D eigenvalue weighted by atomic mass is 16.6. The maximum atomic E-state index is 11.5. The number of ether oxygens (including phenoxy) is 1. The fourth-order valence-corrected chi connectivity index (χ4v) is 1.75. The summed E-state index contributed by atoms with van der Waals surface area (Å²) in [7, 11) is 0. The van der Waals surface area contributed by atoms with Crippen LogP contribution >= 0.6 is 0 Å². The molecule has 0 heterocycles. The van der Waals surface area contributed by atoms with Gasteiger partial charge in [-0.3, -0.25) is 10.1 Å². The highest BCUT2D eigenvalue weighted by Crippen LogP contribution is 2.21. The maximum absolute atomic E-state index is 11.5. The number of nitro groups is 1. The van der Waals surface area contributed by atoms with Crippen molar-refractivity contribution in [3.05, 3.63) is 39.4 Å². The molecule has 0 fully saturated rings. The van der Waals surface area contributed by atoms with E-state index in [1.165, 1.54) is 6.07 Å². The summed E-state index contributed by atoms with van der Waals surface area (Å²) in [6, 6.07) is 4.94. The normalized spacial score (nSPS) is 11.0. The largest absolute Gasteiger partial charge is 0.444 e. The van der Waals surface area contributed by atoms with E-state index in [4.69, 9.17) is 4.74 Å². The second-order valence-electron chi connectivity index (χ2n) is 5.50. The van der Waals surface area contributed by atoms with E-state index >= 15 is 0 Å². The molecule has 0 atom stereocenters. The quantitative estimate of drug-likeness (QED) is 0.679. The van der Waals surface area contributed by atoms with Gasteiger partial charge in [0.25, 0.3) is 5.69 Å². The van der Waals surface area contributed by atoms with Gasteiger partial charge in [0.05, 0.1) is 4.92 Å². The van der Waals surface area contributed by atoms with Crippen molar-refractivity contribution in [3.8, 4) is 0 Å². The SMILES string of the molecule is Cc1c(CCNC(=O)OC(C)(C)C)cccc1[N+](=O)[O-]. The van der Waals surface area contributed by atoms with Crippen LogP contribution in [-0.4, -0.2) is 23.2 Å². The van der Waals surface area contributed by atoms with Crippen molar-refractivity contribution in [2.45, 2.75) is 39.7 Å². The van der Waals surface area contributed by atoms with Gasteiger partial charge in [-0.15, -0.1) is 0 Å². The molecule has 0 aliphatic carbocycles. The predicted molar refractivity (Wildman–Crippen MR) is 75.8 cm³/mol. The summed E-state index contributed by atoms with van der Waals surface area (Å²) in [5, 5.41) is 13.5. The minimum atomic E-state index is -0.536. The van der Waals surface area contributed by atoms with Crippen molar-refractivity contribution in [1.29, 1.82) is 0 Å². The summed E-state index contributed by atoms with van der Waals surface area (Å²) in [6.45, 7) is 7.45. The van der Waals surface area contributed by atoms with Gasteiger partial charge in [0.2, 0.25) is 0 Å². The summed E-state index contributed by atoms with van der Waals surface area (Å²) < 4.78 is 5.11. The second kappa shape index (κ2) is 6.36. The lowest BCUT2D eigenvalue weighted by atomic mass is 10.0. The number of nitrogens with one attached hydrogen (secondary N) is 1. The van der Waals surface area contributed by atoms with Gasteiger partial charge in [0.15, 0.2) is 0 Å². The second-order valence-corrected chi connectivity index (χ2v) is 5.50. The van der Waals surface area contributed by atoms with E-state index in [2.05, 4.69) is 5.32 Å². The van der Waals surface area contributed by atoms with E-state index < -0.39 is 16.6 Å². The fourth-order valence-electron chi connectivity index (χ4n) is 1.75. The van der Waals surface area contributed by atoms with Crippen LogP contribution < -0.4 is 5.32 Å². The molecule has 1 aromatic carbocycles. The van der Waals surface area contributed by atoms with E-state index in [-0.39, 0.29) is 5.69 Å². The Morgan fingerprint density at radius 2 is 2.05 bits per heavy atom. The highest BCUT2D eigenvalue weighted by molar-refractivity contribution is 5.67. The summed E-state index contributed by atoms with van der Waals surface area (Å²) in [6.07, 6.45) is 0.0350. The van der Waals surface area contributed by atoms with Crippen molar-refractivity contribution >= 4 is 11.8 Å². The molecule has 20 heavy (non-hydrogen) atoms. The van der Waals surface area contributed by atoms with Crippen molar-refractivity contribution in [3.63, 3.8) is 0 Å². The molecule has 0 aliphatic heterocycles. The lowest BCUT2D eigenvalue weighted by molar-refractivity contribution is -0.385. The van der Waals surface area contributed by atoms with E-state index in [1.807, 2.05) is 6.07 Å². The Balaban J connectivity index is 2.57. The summed E-state index contributed by atoms with van der Waals surface area (Å²) in [4.78, 5) is 21.9. The van der Waals surface area contributed by atoms with E-state index in [0.717, 1.165) is 5.56 Å². The molecular formula is C14H20N2O4. The van der Waals surface area contributed by atoms with Crippen molar-refractivity contribution in [1.82, 2.24) is 5.32 Å². The first-order chi connectivity index (χ1) is 9.20. The minimum absolute atomic E-state index is 0.0970. The maximum Gasteiger partial charge on any atom is 0.407 e. The first-order valence-corrected chi connectivity index (χ1v) is 6.40. The van der Waals surface area contributed by atoms with Crippen LogP contribution in [0, 0.1) is 17.0 Å². The molecule has 0 saturated carbocycles. The third-order valence-corrected chi connectivity index (χ3v) is 2.68. The van der Waals surface area contributed by atoms with Gasteiger partial charge in [-0.25, -0.2) is 4.79 Å². The molecule has 110 valence electrons. The van der Waals surface area contributed by atoms with Gasteiger partial charge in [-0.2, -0.15) is 0 Å². The molecule has 0 saturated heterocycles. The molecule has 0 bridgehead atoms. The number of carbonyl (C=O) groups excluding carboxylic acids is 1. The summed E-state index contributed by atoms with van der Waals surface area (Å²) in [5.41, 5.74) is 1.03. The summed E-state index contributed by atoms with van der Waals surface area (Å²) in [5.74, 6) is 0. The number of hydrogen-bond acceptors (Lipinski definition) is 4. The lowest BCUT2D eigenvalue weighted by Gasteiger charge is -2.19. The van der Waals surface area contributed by atoms with Gasteiger partial charge in [-0.1, -0.05) is 12.1 Å².